The summed E-state index contributed by atoms with van der Waals surface area (Å²) < 4.78 is 30.3. The minimum Gasteiger partial charge on any atom is -0.497 e. The van der Waals surface area contributed by atoms with Crippen LogP contribution >= 0.6 is 0 Å². The molecule has 3 rings (SSSR count). The normalized spacial score (nSPS) is 12.1. The molecule has 0 aliphatic rings. The van der Waals surface area contributed by atoms with Gasteiger partial charge in [0.05, 0.1) is 12.0 Å². The highest BCUT2D eigenvalue weighted by Gasteiger charge is 2.23. The van der Waals surface area contributed by atoms with E-state index in [0.29, 0.717) is 11.4 Å². The maximum absolute atomic E-state index is 12.9. The molecule has 156 valence electrons. The average molecular weight is 425 g/mol. The summed E-state index contributed by atoms with van der Waals surface area (Å²) >= 11 is 0. The standard InChI is InChI=1S/C23H24N2O4S/c1-17-8-14-21(15-9-17)30(27,28)16-24-23(26)22(18-6-4-3-5-7-18)25-19-10-12-20(29-2)13-11-19/h3-15,22,25H,16H2,1-2H3,(H,24,26). The van der Waals surface area contributed by atoms with Gasteiger partial charge in [-0.1, -0.05) is 48.0 Å². The van der Waals surface area contributed by atoms with Crippen molar-refractivity contribution in [2.45, 2.75) is 17.9 Å². The number of rotatable bonds is 8. The number of nitrogens with one attached hydrogen (secondary N) is 2. The van der Waals surface area contributed by atoms with E-state index < -0.39 is 27.7 Å². The molecule has 0 heterocycles. The topological polar surface area (TPSA) is 84.5 Å². The summed E-state index contributed by atoms with van der Waals surface area (Å²) in [6.45, 7) is 1.88. The molecule has 1 atom stereocenters. The lowest BCUT2D eigenvalue weighted by atomic mass is 10.1. The van der Waals surface area contributed by atoms with Crippen LogP contribution in [0.15, 0.2) is 83.8 Å². The Balaban J connectivity index is 1.77. The van der Waals surface area contributed by atoms with Gasteiger partial charge >= 0.3 is 0 Å². The van der Waals surface area contributed by atoms with Crippen LogP contribution in [0.5, 0.6) is 5.75 Å². The molecule has 0 radical (unpaired) electrons. The number of hydrogen-bond acceptors (Lipinski definition) is 5. The van der Waals surface area contributed by atoms with E-state index in [9.17, 15) is 13.2 Å². The lowest BCUT2D eigenvalue weighted by Crippen LogP contribution is -2.36. The number of anilines is 1. The second-order valence-corrected chi connectivity index (χ2v) is 8.82. The quantitative estimate of drug-likeness (QED) is 0.576. The van der Waals surface area contributed by atoms with Crippen LogP contribution in [0.4, 0.5) is 5.69 Å². The van der Waals surface area contributed by atoms with Crippen molar-refractivity contribution >= 4 is 21.4 Å². The number of hydrogen-bond donors (Lipinski definition) is 2. The number of carbonyl (C=O) groups excluding carboxylic acids is 1. The number of carbonyl (C=O) groups is 1. The second kappa shape index (κ2) is 9.45. The Hall–Kier alpha value is -3.32. The number of aryl methyl sites for hydroxylation is 1. The fourth-order valence-corrected chi connectivity index (χ4v) is 3.95. The molecule has 0 aliphatic heterocycles. The number of sulfone groups is 1. The van der Waals surface area contributed by atoms with Gasteiger partial charge in [0.2, 0.25) is 5.91 Å². The molecule has 1 amide bonds. The fourth-order valence-electron chi connectivity index (χ4n) is 2.90. The molecule has 0 spiro atoms. The molecular formula is C23H24N2O4S. The molecule has 0 saturated carbocycles. The average Bonchev–Trinajstić information content (AvgIpc) is 2.77. The van der Waals surface area contributed by atoms with Crippen molar-refractivity contribution in [3.63, 3.8) is 0 Å². The second-order valence-electron chi connectivity index (χ2n) is 6.83. The predicted octanol–water partition coefficient (Wildman–Crippen LogP) is 3.70. The van der Waals surface area contributed by atoms with Crippen LogP contribution in [0.2, 0.25) is 0 Å². The van der Waals surface area contributed by atoms with E-state index in [1.54, 1.807) is 55.6 Å². The van der Waals surface area contributed by atoms with Crippen molar-refractivity contribution in [3.05, 3.63) is 90.0 Å². The van der Waals surface area contributed by atoms with Gasteiger partial charge in [0, 0.05) is 5.69 Å². The van der Waals surface area contributed by atoms with Crippen molar-refractivity contribution in [2.75, 3.05) is 18.3 Å². The number of ether oxygens (including phenoxy) is 1. The van der Waals surface area contributed by atoms with Crippen molar-refractivity contribution < 1.29 is 17.9 Å². The molecule has 0 saturated heterocycles. The van der Waals surface area contributed by atoms with Crippen LogP contribution in [0.1, 0.15) is 17.2 Å². The van der Waals surface area contributed by atoms with E-state index in [-0.39, 0.29) is 4.90 Å². The van der Waals surface area contributed by atoms with Gasteiger partial charge in [-0.15, -0.1) is 0 Å². The molecule has 3 aromatic rings. The Morgan fingerprint density at radius 1 is 0.933 bits per heavy atom. The van der Waals surface area contributed by atoms with E-state index in [4.69, 9.17) is 4.74 Å². The molecule has 3 aromatic carbocycles. The molecular weight excluding hydrogens is 400 g/mol. The Bertz CT molecular complexity index is 1080. The van der Waals surface area contributed by atoms with Crippen molar-refractivity contribution in [2.24, 2.45) is 0 Å². The maximum Gasteiger partial charge on any atom is 0.247 e. The molecule has 7 heteroatoms. The molecule has 30 heavy (non-hydrogen) atoms. The van der Waals surface area contributed by atoms with Gasteiger partial charge in [0.1, 0.15) is 17.7 Å². The van der Waals surface area contributed by atoms with Crippen LogP contribution in [0.3, 0.4) is 0 Å². The molecule has 6 nitrogen and oxygen atoms in total. The van der Waals surface area contributed by atoms with Crippen molar-refractivity contribution in [3.8, 4) is 5.75 Å². The van der Waals surface area contributed by atoms with Gasteiger partial charge in [-0.05, 0) is 48.9 Å². The highest BCUT2D eigenvalue weighted by Crippen LogP contribution is 2.22. The largest absolute Gasteiger partial charge is 0.497 e. The van der Waals surface area contributed by atoms with Gasteiger partial charge in [-0.2, -0.15) is 0 Å². The van der Waals surface area contributed by atoms with E-state index in [1.807, 2.05) is 37.3 Å². The smallest absolute Gasteiger partial charge is 0.247 e. The van der Waals surface area contributed by atoms with E-state index in [1.165, 1.54) is 0 Å². The minimum absolute atomic E-state index is 0.174. The Labute approximate surface area is 176 Å². The molecule has 2 N–H and O–H groups in total. The highest BCUT2D eigenvalue weighted by atomic mass is 32.2. The van der Waals surface area contributed by atoms with Crippen LogP contribution in [0, 0.1) is 6.92 Å². The van der Waals surface area contributed by atoms with Gasteiger partial charge in [-0.25, -0.2) is 8.42 Å². The van der Waals surface area contributed by atoms with Gasteiger partial charge in [0.15, 0.2) is 9.84 Å². The molecule has 0 fully saturated rings. The SMILES string of the molecule is COc1ccc(NC(C(=O)NCS(=O)(=O)c2ccc(C)cc2)c2ccccc2)cc1. The van der Waals surface area contributed by atoms with Crippen molar-refractivity contribution in [1.82, 2.24) is 5.32 Å². The first kappa shape index (κ1) is 21.4. The summed E-state index contributed by atoms with van der Waals surface area (Å²) in [5.74, 6) is -0.221. The first-order valence-electron chi connectivity index (χ1n) is 9.42. The van der Waals surface area contributed by atoms with Crippen LogP contribution in [-0.2, 0) is 14.6 Å². The monoisotopic (exact) mass is 424 g/mol. The number of methoxy groups -OCH3 is 1. The van der Waals surface area contributed by atoms with E-state index >= 15 is 0 Å². The molecule has 1 unspecified atom stereocenters. The highest BCUT2D eigenvalue weighted by molar-refractivity contribution is 7.91. The zero-order valence-electron chi connectivity index (χ0n) is 16.8. The predicted molar refractivity (Wildman–Crippen MR) is 117 cm³/mol. The van der Waals surface area contributed by atoms with Crippen LogP contribution in [0.25, 0.3) is 0 Å². The van der Waals surface area contributed by atoms with Gasteiger partial charge < -0.3 is 15.4 Å². The summed E-state index contributed by atoms with van der Waals surface area (Å²) in [6, 6.07) is 22.1. The molecule has 0 aromatic heterocycles. The van der Waals surface area contributed by atoms with E-state index in [0.717, 1.165) is 11.1 Å². The summed E-state index contributed by atoms with van der Waals surface area (Å²) in [7, 11) is -2.07. The van der Waals surface area contributed by atoms with Crippen LogP contribution < -0.4 is 15.4 Å². The summed E-state index contributed by atoms with van der Waals surface area (Å²) in [4.78, 5) is 13.1. The lowest BCUT2D eigenvalue weighted by Gasteiger charge is -2.20. The molecule has 0 bridgehead atoms. The Morgan fingerprint density at radius 2 is 1.57 bits per heavy atom. The lowest BCUT2D eigenvalue weighted by molar-refractivity contribution is -0.121. The van der Waals surface area contributed by atoms with E-state index in [2.05, 4.69) is 10.6 Å². The fraction of sp³-hybridized carbons (Fsp3) is 0.174. The summed E-state index contributed by atoms with van der Waals surface area (Å²) in [6.07, 6.45) is 0. The third-order valence-electron chi connectivity index (χ3n) is 4.61. The van der Waals surface area contributed by atoms with Gasteiger partial charge in [-0.3, -0.25) is 4.79 Å². The number of amides is 1. The number of benzene rings is 3. The van der Waals surface area contributed by atoms with Crippen LogP contribution in [-0.4, -0.2) is 27.3 Å². The first-order valence-corrected chi connectivity index (χ1v) is 11.1. The third-order valence-corrected chi connectivity index (χ3v) is 6.13. The third kappa shape index (κ3) is 5.39. The molecule has 0 aliphatic carbocycles. The summed E-state index contributed by atoms with van der Waals surface area (Å²) in [5, 5.41) is 5.73. The maximum atomic E-state index is 12.9. The first-order chi connectivity index (χ1) is 14.4. The zero-order valence-corrected chi connectivity index (χ0v) is 17.6. The zero-order chi connectivity index (χ0) is 21.6. The van der Waals surface area contributed by atoms with Crippen molar-refractivity contribution in [1.29, 1.82) is 0 Å². The summed E-state index contributed by atoms with van der Waals surface area (Å²) in [5.41, 5.74) is 2.39. The van der Waals surface area contributed by atoms with Gasteiger partial charge in [0.25, 0.3) is 0 Å². The minimum atomic E-state index is -3.65. The Kier molecular flexibility index (Phi) is 6.74. The Morgan fingerprint density at radius 3 is 2.17 bits per heavy atom.